The zero-order valence-electron chi connectivity index (χ0n) is 11.1. The monoisotopic (exact) mass is 305 g/mol. The molecule has 1 amide bonds. The maximum atomic E-state index is 13.9. The first kappa shape index (κ1) is 14.9. The van der Waals surface area contributed by atoms with Crippen LogP contribution in [0.15, 0.2) is 35.0 Å². The number of hydrogen-bond acceptors (Lipinski definition) is 3. The van der Waals surface area contributed by atoms with Gasteiger partial charge < -0.3 is 10.4 Å². The number of nitrogens with one attached hydrogen (secondary N) is 1. The Morgan fingerprint density at radius 1 is 1.33 bits per heavy atom. The zero-order chi connectivity index (χ0) is 15.4. The van der Waals surface area contributed by atoms with Gasteiger partial charge in [-0.1, -0.05) is 6.07 Å². The summed E-state index contributed by atoms with van der Waals surface area (Å²) < 4.78 is 13.9. The minimum absolute atomic E-state index is 0.0538. The summed E-state index contributed by atoms with van der Waals surface area (Å²) >= 11 is 1.40. The minimum Gasteiger partial charge on any atom is -0.478 e. The number of amides is 1. The summed E-state index contributed by atoms with van der Waals surface area (Å²) in [5.74, 6) is -2.11. The quantitative estimate of drug-likeness (QED) is 0.849. The van der Waals surface area contributed by atoms with Crippen molar-refractivity contribution in [2.45, 2.75) is 6.92 Å². The number of hydrogen-bond donors (Lipinski definition) is 2. The Bertz CT molecular complexity index is 721. The van der Waals surface area contributed by atoms with E-state index in [1.54, 1.807) is 5.38 Å². The van der Waals surface area contributed by atoms with E-state index in [4.69, 9.17) is 5.11 Å². The fraction of sp³-hybridized carbons (Fsp3) is 0.0667. The van der Waals surface area contributed by atoms with Gasteiger partial charge >= 0.3 is 5.97 Å². The van der Waals surface area contributed by atoms with Crippen LogP contribution in [0.3, 0.4) is 0 Å². The van der Waals surface area contributed by atoms with E-state index in [-0.39, 0.29) is 11.6 Å². The Hall–Kier alpha value is -2.47. The largest absolute Gasteiger partial charge is 0.478 e. The van der Waals surface area contributed by atoms with Gasteiger partial charge in [-0.05, 0) is 41.6 Å². The third kappa shape index (κ3) is 3.76. The van der Waals surface area contributed by atoms with Gasteiger partial charge in [-0.15, -0.1) is 0 Å². The maximum Gasteiger partial charge on any atom is 0.328 e. The molecule has 0 bridgehead atoms. The molecule has 1 aromatic carbocycles. The lowest BCUT2D eigenvalue weighted by Crippen LogP contribution is -2.13. The number of carboxylic acid groups (broad SMARTS) is 1. The van der Waals surface area contributed by atoms with E-state index in [0.717, 1.165) is 17.7 Å². The van der Waals surface area contributed by atoms with Crippen molar-refractivity contribution in [2.24, 2.45) is 0 Å². The molecule has 1 heterocycles. The highest BCUT2D eigenvalue weighted by atomic mass is 32.1. The van der Waals surface area contributed by atoms with Crippen LogP contribution in [0.2, 0.25) is 0 Å². The van der Waals surface area contributed by atoms with Crippen LogP contribution in [0.5, 0.6) is 0 Å². The number of carboxylic acids is 1. The Labute approximate surface area is 124 Å². The van der Waals surface area contributed by atoms with Crippen molar-refractivity contribution in [3.63, 3.8) is 0 Å². The molecular formula is C15H12FNO3S. The molecule has 0 unspecified atom stereocenters. The first-order valence-electron chi connectivity index (χ1n) is 6.02. The maximum absolute atomic E-state index is 13.9. The molecule has 0 spiro atoms. The lowest BCUT2D eigenvalue weighted by Gasteiger charge is -2.07. The molecule has 0 saturated carbocycles. The fourth-order valence-corrected chi connectivity index (χ4v) is 2.51. The minimum atomic E-state index is -1.11. The number of aryl methyl sites for hydroxylation is 1. The van der Waals surface area contributed by atoms with E-state index >= 15 is 0 Å². The summed E-state index contributed by atoms with van der Waals surface area (Å²) in [6, 6.07) is 4.09. The summed E-state index contributed by atoms with van der Waals surface area (Å²) in [6.07, 6.45) is 2.20. The van der Waals surface area contributed by atoms with Crippen LogP contribution in [0.25, 0.3) is 6.08 Å². The second-order valence-corrected chi connectivity index (χ2v) is 5.08. The van der Waals surface area contributed by atoms with Crippen LogP contribution in [0, 0.1) is 12.7 Å². The highest BCUT2D eigenvalue weighted by Crippen LogP contribution is 2.20. The van der Waals surface area contributed by atoms with Gasteiger partial charge in [-0.25, -0.2) is 9.18 Å². The lowest BCUT2D eigenvalue weighted by atomic mass is 10.1. The van der Waals surface area contributed by atoms with Crippen molar-refractivity contribution in [1.29, 1.82) is 0 Å². The molecule has 0 fully saturated rings. The average Bonchev–Trinajstić information content (AvgIpc) is 2.85. The predicted octanol–water partition coefficient (Wildman–Crippen LogP) is 3.55. The number of anilines is 1. The summed E-state index contributed by atoms with van der Waals surface area (Å²) in [6.45, 7) is 1.81. The molecule has 1 aromatic heterocycles. The van der Waals surface area contributed by atoms with Crippen LogP contribution in [-0.4, -0.2) is 17.0 Å². The van der Waals surface area contributed by atoms with Crippen molar-refractivity contribution < 1.29 is 19.1 Å². The molecule has 4 nitrogen and oxygen atoms in total. The van der Waals surface area contributed by atoms with Crippen LogP contribution in [0.1, 0.15) is 21.5 Å². The van der Waals surface area contributed by atoms with Crippen molar-refractivity contribution in [1.82, 2.24) is 0 Å². The summed E-state index contributed by atoms with van der Waals surface area (Å²) in [5, 5.41) is 14.5. The van der Waals surface area contributed by atoms with Crippen LogP contribution < -0.4 is 5.32 Å². The predicted molar refractivity (Wildman–Crippen MR) is 80.1 cm³/mol. The van der Waals surface area contributed by atoms with Crippen molar-refractivity contribution >= 4 is 35.0 Å². The van der Waals surface area contributed by atoms with Crippen LogP contribution in [0.4, 0.5) is 10.1 Å². The summed E-state index contributed by atoms with van der Waals surface area (Å²) in [7, 11) is 0. The van der Waals surface area contributed by atoms with Gasteiger partial charge in [-0.3, -0.25) is 4.79 Å². The second-order valence-electron chi connectivity index (χ2n) is 4.33. The highest BCUT2D eigenvalue weighted by Gasteiger charge is 2.12. The zero-order valence-corrected chi connectivity index (χ0v) is 11.9. The number of aliphatic carboxylic acids is 1. The first-order valence-corrected chi connectivity index (χ1v) is 6.96. The number of thiophene rings is 1. The SMILES string of the molecule is Cc1cscc1C(=O)Nc1ccc(C=CC(=O)O)cc1F. The molecule has 2 aromatic rings. The summed E-state index contributed by atoms with van der Waals surface area (Å²) in [5.41, 5.74) is 1.80. The van der Waals surface area contributed by atoms with Crippen molar-refractivity contribution in [2.75, 3.05) is 5.32 Å². The van der Waals surface area contributed by atoms with Gasteiger partial charge in [-0.2, -0.15) is 11.3 Å². The van der Waals surface area contributed by atoms with E-state index in [2.05, 4.69) is 5.32 Å². The number of carbonyl (C=O) groups excluding carboxylic acids is 1. The molecule has 0 atom stereocenters. The number of benzene rings is 1. The number of carbonyl (C=O) groups is 2. The number of halogens is 1. The second kappa shape index (κ2) is 6.32. The lowest BCUT2D eigenvalue weighted by molar-refractivity contribution is -0.131. The topological polar surface area (TPSA) is 66.4 Å². The Morgan fingerprint density at radius 3 is 2.67 bits per heavy atom. The van der Waals surface area contributed by atoms with E-state index in [1.807, 2.05) is 12.3 Å². The molecule has 2 N–H and O–H groups in total. The van der Waals surface area contributed by atoms with E-state index in [9.17, 15) is 14.0 Å². The molecule has 0 aliphatic heterocycles. The van der Waals surface area contributed by atoms with E-state index in [1.165, 1.54) is 29.5 Å². The van der Waals surface area contributed by atoms with E-state index < -0.39 is 11.8 Å². The highest BCUT2D eigenvalue weighted by molar-refractivity contribution is 7.08. The Balaban J connectivity index is 2.16. The van der Waals surface area contributed by atoms with Gasteiger partial charge in [0.15, 0.2) is 0 Å². The standard InChI is InChI=1S/C15H12FNO3S/c1-9-7-21-8-11(9)15(20)17-13-4-2-10(6-12(13)16)3-5-14(18)19/h2-8H,1H3,(H,17,20)(H,18,19). The van der Waals surface area contributed by atoms with Gasteiger partial charge in [0.25, 0.3) is 5.91 Å². The van der Waals surface area contributed by atoms with Gasteiger partial charge in [0.1, 0.15) is 5.82 Å². The molecule has 6 heteroatoms. The van der Waals surface area contributed by atoms with E-state index in [0.29, 0.717) is 11.1 Å². The van der Waals surface area contributed by atoms with Crippen molar-refractivity contribution in [3.05, 3.63) is 57.5 Å². The van der Waals surface area contributed by atoms with Gasteiger partial charge in [0.2, 0.25) is 0 Å². The first-order chi connectivity index (χ1) is 9.97. The van der Waals surface area contributed by atoms with Gasteiger partial charge in [0.05, 0.1) is 11.3 Å². The molecule has 0 saturated heterocycles. The molecule has 0 radical (unpaired) electrons. The third-order valence-corrected chi connectivity index (χ3v) is 3.62. The smallest absolute Gasteiger partial charge is 0.328 e. The molecular weight excluding hydrogens is 293 g/mol. The molecule has 0 aliphatic rings. The molecule has 21 heavy (non-hydrogen) atoms. The third-order valence-electron chi connectivity index (χ3n) is 2.76. The van der Waals surface area contributed by atoms with Gasteiger partial charge in [0, 0.05) is 11.5 Å². The fourth-order valence-electron chi connectivity index (χ4n) is 1.69. The summed E-state index contributed by atoms with van der Waals surface area (Å²) in [4.78, 5) is 22.4. The molecule has 108 valence electrons. The van der Waals surface area contributed by atoms with Crippen molar-refractivity contribution in [3.8, 4) is 0 Å². The average molecular weight is 305 g/mol. The van der Waals surface area contributed by atoms with Crippen LogP contribution >= 0.6 is 11.3 Å². The number of rotatable bonds is 4. The normalized spacial score (nSPS) is 10.8. The Kier molecular flexibility index (Phi) is 4.49. The Morgan fingerprint density at radius 2 is 2.10 bits per heavy atom. The molecule has 0 aliphatic carbocycles. The molecule has 2 rings (SSSR count). The van der Waals surface area contributed by atoms with Crippen LogP contribution in [-0.2, 0) is 4.79 Å².